The van der Waals surface area contributed by atoms with E-state index in [2.05, 4.69) is 20.0 Å². The predicted molar refractivity (Wildman–Crippen MR) is 129 cm³/mol. The van der Waals surface area contributed by atoms with Gasteiger partial charge in [0.05, 0.1) is 24.4 Å². The number of hydrogen-bond donors (Lipinski definition) is 3. The fraction of sp³-hybridized carbons (Fsp3) is 0.458. The molecule has 0 bridgehead atoms. The highest BCUT2D eigenvalue weighted by Crippen LogP contribution is 2.23. The number of carbonyl (C=O) groups is 3. The predicted octanol–water partition coefficient (Wildman–Crippen LogP) is 4.84. The van der Waals surface area contributed by atoms with E-state index in [1.165, 1.54) is 30.6 Å². The molecule has 3 rings (SSSR count). The maximum absolute atomic E-state index is 14.3. The Labute approximate surface area is 241 Å². The van der Waals surface area contributed by atoms with Gasteiger partial charge in [-0.05, 0) is 43.5 Å². The van der Waals surface area contributed by atoms with Crippen LogP contribution in [0.4, 0.5) is 49.7 Å². The molecule has 0 unspecified atom stereocenters. The van der Waals surface area contributed by atoms with Gasteiger partial charge in [0.1, 0.15) is 5.75 Å². The fourth-order valence-corrected chi connectivity index (χ4v) is 3.18. The molecular weight excluding hydrogens is 630 g/mol. The Morgan fingerprint density at radius 1 is 0.932 bits per heavy atom. The van der Waals surface area contributed by atoms with E-state index >= 15 is 0 Å². The lowest BCUT2D eigenvalue weighted by Crippen LogP contribution is -2.29. The van der Waals surface area contributed by atoms with E-state index in [1.54, 1.807) is 6.92 Å². The van der Waals surface area contributed by atoms with Gasteiger partial charge in [0.15, 0.2) is 18.2 Å². The summed E-state index contributed by atoms with van der Waals surface area (Å²) in [6, 6.07) is 3.65. The molecule has 10 nitrogen and oxygen atoms in total. The number of aliphatic carboxylic acids is 2. The number of alkyl halides is 9. The molecule has 0 radical (unpaired) electrons. The average Bonchev–Trinajstić information content (AvgIpc) is 3.41. The molecule has 3 heterocycles. The maximum Gasteiger partial charge on any atom is 0.490 e. The standard InChI is InChI=1S/C20H22F4N4O2.2C2HF3O2/c1-13(17-5-4-15(11-25-17)30-12-20(22,23)24)27-18(29)9-14-8-16(21)19(26-10-14)28-6-2-3-7-28;2*3-2(4,5)1(6)7/h4-5,8,10-11,13H,2-3,6-7,9,12H2,1H3,(H,27,29);2*(H,6,7)/t13-;;/m1../s1. The molecule has 1 atom stereocenters. The number of carboxylic acid groups (broad SMARTS) is 2. The van der Waals surface area contributed by atoms with Gasteiger partial charge in [-0.2, -0.15) is 39.5 Å². The second-order valence-corrected chi connectivity index (χ2v) is 8.74. The third-order valence-electron chi connectivity index (χ3n) is 5.12. The van der Waals surface area contributed by atoms with Gasteiger partial charge in [0.2, 0.25) is 5.91 Å². The lowest BCUT2D eigenvalue weighted by Gasteiger charge is -2.17. The lowest BCUT2D eigenvalue weighted by molar-refractivity contribution is -0.193. The number of ether oxygens (including phenoxy) is 1. The Bertz CT molecular complexity index is 1220. The van der Waals surface area contributed by atoms with Crippen molar-refractivity contribution >= 4 is 23.7 Å². The van der Waals surface area contributed by atoms with Crippen molar-refractivity contribution in [1.82, 2.24) is 15.3 Å². The Kier molecular flexibility index (Phi) is 13.6. The first-order valence-electron chi connectivity index (χ1n) is 12.0. The Morgan fingerprint density at radius 2 is 1.45 bits per heavy atom. The van der Waals surface area contributed by atoms with E-state index in [4.69, 9.17) is 19.8 Å². The van der Waals surface area contributed by atoms with Gasteiger partial charge in [-0.25, -0.2) is 19.0 Å². The topological polar surface area (TPSA) is 142 Å². The van der Waals surface area contributed by atoms with Crippen LogP contribution < -0.4 is 15.0 Å². The zero-order valence-electron chi connectivity index (χ0n) is 22.4. The van der Waals surface area contributed by atoms with Crippen molar-refractivity contribution in [2.75, 3.05) is 24.6 Å². The third-order valence-corrected chi connectivity index (χ3v) is 5.12. The summed E-state index contributed by atoms with van der Waals surface area (Å²) in [4.78, 5) is 40.1. The van der Waals surface area contributed by atoms with E-state index in [1.807, 2.05) is 4.90 Å². The fourth-order valence-electron chi connectivity index (χ4n) is 3.18. The van der Waals surface area contributed by atoms with Gasteiger partial charge < -0.3 is 25.2 Å². The van der Waals surface area contributed by atoms with Crippen molar-refractivity contribution in [3.8, 4) is 5.75 Å². The molecule has 20 heteroatoms. The van der Waals surface area contributed by atoms with Crippen LogP contribution in [0.2, 0.25) is 0 Å². The minimum atomic E-state index is -5.08. The molecule has 0 spiro atoms. The quantitative estimate of drug-likeness (QED) is 0.358. The van der Waals surface area contributed by atoms with Crippen molar-refractivity contribution in [3.63, 3.8) is 0 Å². The smallest absolute Gasteiger partial charge is 0.483 e. The molecule has 2 aromatic heterocycles. The van der Waals surface area contributed by atoms with Crippen LogP contribution in [-0.4, -0.2) is 76.3 Å². The summed E-state index contributed by atoms with van der Waals surface area (Å²) in [5.74, 6) is -6.03. The van der Waals surface area contributed by atoms with Gasteiger partial charge in [-0.15, -0.1) is 0 Å². The van der Waals surface area contributed by atoms with Gasteiger partial charge >= 0.3 is 30.5 Å². The molecule has 0 aliphatic carbocycles. The van der Waals surface area contributed by atoms with Crippen LogP contribution in [0.3, 0.4) is 0 Å². The highest BCUT2D eigenvalue weighted by molar-refractivity contribution is 5.79. The number of pyridine rings is 2. The van der Waals surface area contributed by atoms with Gasteiger partial charge in [0, 0.05) is 19.3 Å². The summed E-state index contributed by atoms with van der Waals surface area (Å²) in [5, 5.41) is 17.0. The number of amides is 1. The first-order valence-corrected chi connectivity index (χ1v) is 12.0. The minimum absolute atomic E-state index is 0.0192. The van der Waals surface area contributed by atoms with Gasteiger partial charge in [-0.3, -0.25) is 9.78 Å². The van der Waals surface area contributed by atoms with Crippen LogP contribution in [0.5, 0.6) is 5.75 Å². The Hall–Kier alpha value is -4.39. The van der Waals surface area contributed by atoms with Gasteiger partial charge in [0.25, 0.3) is 0 Å². The maximum atomic E-state index is 14.3. The van der Waals surface area contributed by atoms with E-state index in [0.717, 1.165) is 25.9 Å². The molecule has 246 valence electrons. The number of halogens is 10. The summed E-state index contributed by atoms with van der Waals surface area (Å²) >= 11 is 0. The molecule has 3 N–H and O–H groups in total. The van der Waals surface area contributed by atoms with Gasteiger partial charge in [-0.1, -0.05) is 0 Å². The van der Waals surface area contributed by atoms with Crippen LogP contribution >= 0.6 is 0 Å². The lowest BCUT2D eigenvalue weighted by atomic mass is 10.1. The molecule has 1 fully saturated rings. The van der Waals surface area contributed by atoms with Crippen molar-refractivity contribution in [2.45, 2.75) is 50.8 Å². The monoisotopic (exact) mass is 654 g/mol. The average molecular weight is 654 g/mol. The van der Waals surface area contributed by atoms with Crippen molar-refractivity contribution in [1.29, 1.82) is 0 Å². The SMILES string of the molecule is C[C@@H](NC(=O)Cc1cnc(N2CCCC2)c(F)c1)c1ccc(OCC(F)(F)F)cn1.O=C(O)C(F)(F)F.O=C(O)C(F)(F)F. The number of aromatic nitrogens is 2. The number of nitrogens with one attached hydrogen (secondary N) is 1. The molecule has 1 amide bonds. The summed E-state index contributed by atoms with van der Waals surface area (Å²) in [6.07, 6.45) is -9.98. The first-order chi connectivity index (χ1) is 20.1. The number of nitrogens with zero attached hydrogens (tertiary/aromatic N) is 3. The molecule has 2 aromatic rings. The van der Waals surface area contributed by atoms with E-state index in [0.29, 0.717) is 17.1 Å². The number of carbonyl (C=O) groups excluding carboxylic acids is 1. The summed E-state index contributed by atoms with van der Waals surface area (Å²) in [7, 11) is 0. The second-order valence-electron chi connectivity index (χ2n) is 8.74. The van der Waals surface area contributed by atoms with E-state index in [-0.39, 0.29) is 18.1 Å². The zero-order chi connectivity index (χ0) is 33.9. The normalized spacial score (nSPS) is 13.9. The molecule has 1 aliphatic heterocycles. The van der Waals surface area contributed by atoms with E-state index < -0.39 is 48.9 Å². The summed E-state index contributed by atoms with van der Waals surface area (Å²) in [5.41, 5.74) is 0.903. The van der Waals surface area contributed by atoms with Crippen LogP contribution in [0, 0.1) is 5.82 Å². The Morgan fingerprint density at radius 3 is 1.86 bits per heavy atom. The molecule has 1 aliphatic rings. The zero-order valence-corrected chi connectivity index (χ0v) is 22.4. The number of rotatable bonds is 7. The number of hydrogen-bond acceptors (Lipinski definition) is 7. The molecule has 0 saturated carbocycles. The number of carboxylic acids is 2. The summed E-state index contributed by atoms with van der Waals surface area (Å²) in [6.45, 7) is 1.83. The molecular formula is C24H24F10N4O6. The van der Waals surface area contributed by atoms with Crippen LogP contribution in [-0.2, 0) is 20.8 Å². The van der Waals surface area contributed by atoms with Crippen molar-refractivity contribution in [2.24, 2.45) is 0 Å². The largest absolute Gasteiger partial charge is 0.490 e. The molecule has 1 saturated heterocycles. The van der Waals surface area contributed by atoms with Crippen LogP contribution in [0.1, 0.15) is 37.1 Å². The highest BCUT2D eigenvalue weighted by atomic mass is 19.4. The summed E-state index contributed by atoms with van der Waals surface area (Å²) < 4.78 is 119. The first kappa shape index (κ1) is 37.6. The highest BCUT2D eigenvalue weighted by Gasteiger charge is 2.39. The molecule has 0 aromatic carbocycles. The third kappa shape index (κ3) is 14.2. The van der Waals surface area contributed by atoms with Crippen molar-refractivity contribution in [3.05, 3.63) is 47.7 Å². The van der Waals surface area contributed by atoms with E-state index in [9.17, 15) is 48.7 Å². The number of anilines is 1. The second kappa shape index (κ2) is 15.9. The van der Waals surface area contributed by atoms with Crippen LogP contribution in [0.15, 0.2) is 30.6 Å². The Balaban J connectivity index is 0.000000574. The molecule has 44 heavy (non-hydrogen) atoms. The minimum Gasteiger partial charge on any atom is -0.483 e. The van der Waals surface area contributed by atoms with Crippen molar-refractivity contribution < 1.29 is 73.2 Å². The van der Waals surface area contributed by atoms with Crippen LogP contribution in [0.25, 0.3) is 0 Å².